The van der Waals surface area contributed by atoms with Crippen LogP contribution in [0.25, 0.3) is 0 Å². The quantitative estimate of drug-likeness (QED) is 0.776. The summed E-state index contributed by atoms with van der Waals surface area (Å²) in [6.07, 6.45) is 9.92. The predicted octanol–water partition coefficient (Wildman–Crippen LogP) is 3.28. The van der Waals surface area contributed by atoms with Crippen LogP contribution in [0.5, 0.6) is 0 Å². The highest BCUT2D eigenvalue weighted by Gasteiger charge is 2.26. The highest BCUT2D eigenvalue weighted by atomic mass is 15.1. The highest BCUT2D eigenvalue weighted by molar-refractivity contribution is 4.84. The molecule has 2 rings (SSSR count). The molecule has 0 aromatic heterocycles. The Morgan fingerprint density at radius 3 is 2.39 bits per heavy atom. The molecule has 1 aliphatic heterocycles. The Bertz CT molecular complexity index is 233. The molecule has 3 unspecified atom stereocenters. The maximum absolute atomic E-state index is 3.97. The van der Waals surface area contributed by atoms with Gasteiger partial charge in [-0.2, -0.15) is 0 Å². The van der Waals surface area contributed by atoms with Gasteiger partial charge >= 0.3 is 0 Å². The van der Waals surface area contributed by atoms with E-state index < -0.39 is 0 Å². The molecular formula is C16H32N2. The molecule has 106 valence electrons. The summed E-state index contributed by atoms with van der Waals surface area (Å²) in [7, 11) is 2.25. The van der Waals surface area contributed by atoms with Crippen molar-refractivity contribution in [2.24, 2.45) is 11.8 Å². The van der Waals surface area contributed by atoms with E-state index in [0.717, 1.165) is 17.9 Å². The lowest BCUT2D eigenvalue weighted by molar-refractivity contribution is 0.175. The fourth-order valence-corrected chi connectivity index (χ4v) is 3.74. The van der Waals surface area contributed by atoms with Crippen molar-refractivity contribution in [2.75, 3.05) is 20.1 Å². The highest BCUT2D eigenvalue weighted by Crippen LogP contribution is 2.26. The second kappa shape index (κ2) is 6.91. The fourth-order valence-electron chi connectivity index (χ4n) is 3.74. The van der Waals surface area contributed by atoms with Crippen LogP contribution in [-0.4, -0.2) is 37.1 Å². The van der Waals surface area contributed by atoms with Gasteiger partial charge in [0.15, 0.2) is 0 Å². The molecule has 1 aliphatic carbocycles. The van der Waals surface area contributed by atoms with E-state index in [0.29, 0.717) is 6.04 Å². The molecule has 0 aromatic rings. The zero-order chi connectivity index (χ0) is 13.0. The van der Waals surface area contributed by atoms with Crippen LogP contribution in [0.3, 0.4) is 0 Å². The number of hydrogen-bond donors (Lipinski definition) is 1. The van der Waals surface area contributed by atoms with Gasteiger partial charge in [-0.1, -0.05) is 26.2 Å². The van der Waals surface area contributed by atoms with Gasteiger partial charge in [0.25, 0.3) is 0 Å². The van der Waals surface area contributed by atoms with Crippen molar-refractivity contribution in [1.29, 1.82) is 0 Å². The molecule has 18 heavy (non-hydrogen) atoms. The third kappa shape index (κ3) is 3.96. The van der Waals surface area contributed by atoms with Gasteiger partial charge in [0.1, 0.15) is 0 Å². The van der Waals surface area contributed by atoms with Crippen LogP contribution >= 0.6 is 0 Å². The SMILES string of the molecule is CC1CCCCCC1NC(C)C1CCN(C)CC1. The molecule has 0 amide bonds. The van der Waals surface area contributed by atoms with Crippen molar-refractivity contribution in [2.45, 2.75) is 70.9 Å². The first-order valence-electron chi connectivity index (χ1n) is 8.11. The zero-order valence-corrected chi connectivity index (χ0v) is 12.6. The van der Waals surface area contributed by atoms with E-state index in [1.807, 2.05) is 0 Å². The minimum Gasteiger partial charge on any atom is -0.311 e. The Kier molecular flexibility index (Phi) is 5.50. The summed E-state index contributed by atoms with van der Waals surface area (Å²) < 4.78 is 0. The normalized spacial score (nSPS) is 34.2. The molecule has 2 heteroatoms. The lowest BCUT2D eigenvalue weighted by atomic mass is 9.88. The van der Waals surface area contributed by atoms with Gasteiger partial charge in [-0.05, 0) is 64.6 Å². The first-order valence-corrected chi connectivity index (χ1v) is 8.11. The molecule has 2 aliphatic rings. The number of nitrogens with one attached hydrogen (secondary N) is 1. The molecule has 3 atom stereocenters. The van der Waals surface area contributed by atoms with Crippen molar-refractivity contribution in [3.63, 3.8) is 0 Å². The maximum atomic E-state index is 3.97. The molecule has 1 saturated carbocycles. The van der Waals surface area contributed by atoms with Gasteiger partial charge in [0.2, 0.25) is 0 Å². The number of nitrogens with zero attached hydrogens (tertiary/aromatic N) is 1. The van der Waals surface area contributed by atoms with Crippen molar-refractivity contribution < 1.29 is 0 Å². The molecule has 0 bridgehead atoms. The summed E-state index contributed by atoms with van der Waals surface area (Å²) in [6, 6.07) is 1.49. The smallest absolute Gasteiger partial charge is 0.00952 e. The second-order valence-electron chi connectivity index (χ2n) is 6.82. The lowest BCUT2D eigenvalue weighted by Gasteiger charge is -2.36. The Morgan fingerprint density at radius 2 is 1.67 bits per heavy atom. The molecule has 2 nitrogen and oxygen atoms in total. The van der Waals surface area contributed by atoms with Gasteiger partial charge in [-0.25, -0.2) is 0 Å². The van der Waals surface area contributed by atoms with Gasteiger partial charge in [-0.3, -0.25) is 0 Å². The zero-order valence-electron chi connectivity index (χ0n) is 12.6. The van der Waals surface area contributed by atoms with E-state index in [2.05, 4.69) is 31.1 Å². The fraction of sp³-hybridized carbons (Fsp3) is 1.00. The summed E-state index contributed by atoms with van der Waals surface area (Å²) in [6.45, 7) is 7.45. The van der Waals surface area contributed by atoms with Crippen LogP contribution < -0.4 is 5.32 Å². The van der Waals surface area contributed by atoms with E-state index in [9.17, 15) is 0 Å². The summed E-state index contributed by atoms with van der Waals surface area (Å²) in [4.78, 5) is 2.47. The van der Waals surface area contributed by atoms with Gasteiger partial charge in [0.05, 0.1) is 0 Å². The predicted molar refractivity (Wildman–Crippen MR) is 78.9 cm³/mol. The molecule has 1 heterocycles. The van der Waals surface area contributed by atoms with Crippen LogP contribution in [-0.2, 0) is 0 Å². The first-order chi connectivity index (χ1) is 8.66. The Hall–Kier alpha value is -0.0800. The molecule has 1 saturated heterocycles. The van der Waals surface area contributed by atoms with E-state index in [1.54, 1.807) is 0 Å². The minimum atomic E-state index is 0.712. The number of likely N-dealkylation sites (tertiary alicyclic amines) is 1. The van der Waals surface area contributed by atoms with E-state index in [4.69, 9.17) is 0 Å². The van der Waals surface area contributed by atoms with Crippen LogP contribution in [0.1, 0.15) is 58.8 Å². The van der Waals surface area contributed by atoms with Crippen molar-refractivity contribution >= 4 is 0 Å². The van der Waals surface area contributed by atoms with Gasteiger partial charge < -0.3 is 10.2 Å². The van der Waals surface area contributed by atoms with Gasteiger partial charge in [-0.15, -0.1) is 0 Å². The van der Waals surface area contributed by atoms with E-state index >= 15 is 0 Å². The average molecular weight is 252 g/mol. The molecular weight excluding hydrogens is 220 g/mol. The molecule has 1 N–H and O–H groups in total. The molecule has 0 spiro atoms. The monoisotopic (exact) mass is 252 g/mol. The summed E-state index contributed by atoms with van der Waals surface area (Å²) in [5, 5.41) is 3.97. The Labute approximate surface area is 114 Å². The van der Waals surface area contributed by atoms with Crippen LogP contribution in [0.4, 0.5) is 0 Å². The van der Waals surface area contributed by atoms with E-state index in [1.165, 1.54) is 58.0 Å². The molecule has 0 aromatic carbocycles. The third-order valence-corrected chi connectivity index (χ3v) is 5.31. The first kappa shape index (κ1) is 14.3. The van der Waals surface area contributed by atoms with Gasteiger partial charge in [0, 0.05) is 12.1 Å². The minimum absolute atomic E-state index is 0.712. The second-order valence-corrected chi connectivity index (χ2v) is 6.82. The maximum Gasteiger partial charge on any atom is 0.00952 e. The number of rotatable bonds is 3. The molecule has 0 radical (unpaired) electrons. The van der Waals surface area contributed by atoms with Crippen LogP contribution in [0.15, 0.2) is 0 Å². The lowest BCUT2D eigenvalue weighted by Crippen LogP contribution is -2.46. The van der Waals surface area contributed by atoms with Crippen LogP contribution in [0, 0.1) is 11.8 Å². The number of piperidine rings is 1. The largest absolute Gasteiger partial charge is 0.311 e. The topological polar surface area (TPSA) is 15.3 Å². The molecule has 2 fully saturated rings. The van der Waals surface area contributed by atoms with Crippen molar-refractivity contribution in [3.8, 4) is 0 Å². The number of hydrogen-bond acceptors (Lipinski definition) is 2. The average Bonchev–Trinajstić information content (AvgIpc) is 2.56. The summed E-state index contributed by atoms with van der Waals surface area (Å²) in [5.74, 6) is 1.78. The third-order valence-electron chi connectivity index (χ3n) is 5.31. The Morgan fingerprint density at radius 1 is 1.00 bits per heavy atom. The van der Waals surface area contributed by atoms with E-state index in [-0.39, 0.29) is 0 Å². The standard InChI is InChI=1S/C16H32N2/c1-13-7-5-4-6-8-16(13)17-14(2)15-9-11-18(3)12-10-15/h13-17H,4-12H2,1-3H3. The summed E-state index contributed by atoms with van der Waals surface area (Å²) in [5.41, 5.74) is 0. The van der Waals surface area contributed by atoms with Crippen molar-refractivity contribution in [3.05, 3.63) is 0 Å². The summed E-state index contributed by atoms with van der Waals surface area (Å²) >= 11 is 0. The Balaban J connectivity index is 1.80. The van der Waals surface area contributed by atoms with Crippen LogP contribution in [0.2, 0.25) is 0 Å². The van der Waals surface area contributed by atoms with Crippen molar-refractivity contribution in [1.82, 2.24) is 10.2 Å².